The van der Waals surface area contributed by atoms with E-state index in [0.717, 1.165) is 44.9 Å². The molecule has 0 atom stereocenters. The first-order valence-corrected chi connectivity index (χ1v) is 8.37. The standard InChI is InChI=1S/C19H25N3O/c1-20-11-5-13-23-19-9-8-17-15-22(12-10-18(17)21-19)14-16-6-3-2-4-7-16/h2-4,6-9,20H,5,10-15H2,1H3. The molecule has 122 valence electrons. The van der Waals surface area contributed by atoms with Gasteiger partial charge in [-0.15, -0.1) is 0 Å². The van der Waals surface area contributed by atoms with E-state index in [1.165, 1.54) is 16.8 Å². The normalized spacial score (nSPS) is 14.5. The third-order valence-electron chi connectivity index (χ3n) is 4.17. The van der Waals surface area contributed by atoms with Crippen molar-refractivity contribution >= 4 is 0 Å². The van der Waals surface area contributed by atoms with Crippen LogP contribution in [0.25, 0.3) is 0 Å². The molecule has 1 aromatic carbocycles. The van der Waals surface area contributed by atoms with Crippen molar-refractivity contribution in [1.82, 2.24) is 15.2 Å². The minimum atomic E-state index is 0.715. The number of pyridine rings is 1. The molecule has 0 saturated carbocycles. The number of hydrogen-bond donors (Lipinski definition) is 1. The SMILES string of the molecule is CNCCCOc1ccc2c(n1)CCN(Cc1ccccc1)C2. The summed E-state index contributed by atoms with van der Waals surface area (Å²) >= 11 is 0. The maximum atomic E-state index is 5.73. The quantitative estimate of drug-likeness (QED) is 0.798. The van der Waals surface area contributed by atoms with Crippen molar-refractivity contribution in [3.05, 3.63) is 59.3 Å². The summed E-state index contributed by atoms with van der Waals surface area (Å²) in [5.41, 5.74) is 3.89. The molecule has 2 aromatic rings. The van der Waals surface area contributed by atoms with Gasteiger partial charge in [0.25, 0.3) is 0 Å². The summed E-state index contributed by atoms with van der Waals surface area (Å²) in [5, 5.41) is 3.12. The van der Waals surface area contributed by atoms with Gasteiger partial charge in [-0.3, -0.25) is 4.90 Å². The number of nitrogens with one attached hydrogen (secondary N) is 1. The highest BCUT2D eigenvalue weighted by Gasteiger charge is 2.18. The molecule has 1 aliphatic rings. The summed E-state index contributed by atoms with van der Waals surface area (Å²) in [6.45, 7) is 4.71. The number of rotatable bonds is 7. The first kappa shape index (κ1) is 16.0. The van der Waals surface area contributed by atoms with Gasteiger partial charge < -0.3 is 10.1 Å². The molecule has 0 spiro atoms. The zero-order chi connectivity index (χ0) is 15.9. The zero-order valence-electron chi connectivity index (χ0n) is 13.8. The molecule has 1 aliphatic heterocycles. The van der Waals surface area contributed by atoms with Crippen LogP contribution in [0, 0.1) is 0 Å². The Labute approximate surface area is 138 Å². The molecule has 2 heterocycles. The van der Waals surface area contributed by atoms with E-state index in [0.29, 0.717) is 6.61 Å². The van der Waals surface area contributed by atoms with Crippen LogP contribution in [0.3, 0.4) is 0 Å². The van der Waals surface area contributed by atoms with Crippen molar-refractivity contribution in [3.8, 4) is 5.88 Å². The molecular formula is C19H25N3O. The first-order chi connectivity index (χ1) is 11.3. The minimum Gasteiger partial charge on any atom is -0.478 e. The molecule has 23 heavy (non-hydrogen) atoms. The Hall–Kier alpha value is -1.91. The van der Waals surface area contributed by atoms with Crippen LogP contribution in [0.4, 0.5) is 0 Å². The smallest absolute Gasteiger partial charge is 0.213 e. The van der Waals surface area contributed by atoms with Crippen molar-refractivity contribution in [2.75, 3.05) is 26.7 Å². The second-order valence-corrected chi connectivity index (χ2v) is 6.01. The second-order valence-electron chi connectivity index (χ2n) is 6.01. The van der Waals surface area contributed by atoms with Crippen molar-refractivity contribution < 1.29 is 4.74 Å². The average Bonchev–Trinajstić information content (AvgIpc) is 2.60. The molecule has 1 aromatic heterocycles. The van der Waals surface area contributed by atoms with Gasteiger partial charge in [-0.1, -0.05) is 36.4 Å². The highest BCUT2D eigenvalue weighted by Crippen LogP contribution is 2.21. The van der Waals surface area contributed by atoms with Crippen LogP contribution < -0.4 is 10.1 Å². The van der Waals surface area contributed by atoms with Gasteiger partial charge in [-0.25, -0.2) is 4.98 Å². The molecule has 0 aliphatic carbocycles. The summed E-state index contributed by atoms with van der Waals surface area (Å²) in [6.07, 6.45) is 2.00. The maximum absolute atomic E-state index is 5.73. The molecule has 0 saturated heterocycles. The van der Waals surface area contributed by atoms with Gasteiger partial charge in [0, 0.05) is 32.1 Å². The molecular weight excluding hydrogens is 286 g/mol. The Morgan fingerprint density at radius 2 is 2.04 bits per heavy atom. The van der Waals surface area contributed by atoms with E-state index in [2.05, 4.69) is 51.6 Å². The van der Waals surface area contributed by atoms with E-state index in [1.54, 1.807) is 0 Å². The first-order valence-electron chi connectivity index (χ1n) is 8.37. The summed E-state index contributed by atoms with van der Waals surface area (Å²) in [4.78, 5) is 7.16. The third kappa shape index (κ3) is 4.53. The van der Waals surface area contributed by atoms with Crippen LogP contribution in [0.2, 0.25) is 0 Å². The minimum absolute atomic E-state index is 0.715. The van der Waals surface area contributed by atoms with Crippen LogP contribution in [-0.2, 0) is 19.5 Å². The van der Waals surface area contributed by atoms with Crippen molar-refractivity contribution in [2.24, 2.45) is 0 Å². The summed E-state index contributed by atoms with van der Waals surface area (Å²) in [7, 11) is 1.96. The lowest BCUT2D eigenvalue weighted by atomic mass is 10.0. The van der Waals surface area contributed by atoms with E-state index < -0.39 is 0 Å². The van der Waals surface area contributed by atoms with Crippen LogP contribution in [0.5, 0.6) is 5.88 Å². The molecule has 1 N–H and O–H groups in total. The monoisotopic (exact) mass is 311 g/mol. The lowest BCUT2D eigenvalue weighted by molar-refractivity contribution is 0.240. The second kappa shape index (κ2) is 8.09. The highest BCUT2D eigenvalue weighted by atomic mass is 16.5. The largest absolute Gasteiger partial charge is 0.478 e. The van der Waals surface area contributed by atoms with E-state index in [-0.39, 0.29) is 0 Å². The molecule has 0 fully saturated rings. The predicted molar refractivity (Wildman–Crippen MR) is 92.5 cm³/mol. The summed E-state index contributed by atoms with van der Waals surface area (Å²) in [6, 6.07) is 14.8. The van der Waals surface area contributed by atoms with Gasteiger partial charge >= 0.3 is 0 Å². The van der Waals surface area contributed by atoms with E-state index in [1.807, 2.05) is 13.1 Å². The number of benzene rings is 1. The van der Waals surface area contributed by atoms with Gasteiger partial charge in [-0.05, 0) is 31.1 Å². The topological polar surface area (TPSA) is 37.4 Å². The van der Waals surface area contributed by atoms with Crippen LogP contribution in [0.15, 0.2) is 42.5 Å². The number of hydrogen-bond acceptors (Lipinski definition) is 4. The predicted octanol–water partition coefficient (Wildman–Crippen LogP) is 2.63. The summed E-state index contributed by atoms with van der Waals surface area (Å²) < 4.78 is 5.73. The van der Waals surface area contributed by atoms with Crippen molar-refractivity contribution in [2.45, 2.75) is 25.9 Å². The Bertz CT molecular complexity index is 615. The number of ether oxygens (including phenoxy) is 1. The van der Waals surface area contributed by atoms with Gasteiger partial charge in [0.1, 0.15) is 0 Å². The van der Waals surface area contributed by atoms with E-state index >= 15 is 0 Å². The Balaban J connectivity index is 1.57. The van der Waals surface area contributed by atoms with E-state index in [9.17, 15) is 0 Å². The van der Waals surface area contributed by atoms with Gasteiger partial charge in [-0.2, -0.15) is 0 Å². The van der Waals surface area contributed by atoms with Gasteiger partial charge in [0.15, 0.2) is 0 Å². The average molecular weight is 311 g/mol. The van der Waals surface area contributed by atoms with Crippen LogP contribution in [-0.4, -0.2) is 36.6 Å². The molecule has 0 amide bonds. The molecule has 4 nitrogen and oxygen atoms in total. The zero-order valence-corrected chi connectivity index (χ0v) is 13.8. The highest BCUT2D eigenvalue weighted by molar-refractivity contribution is 5.28. The van der Waals surface area contributed by atoms with Crippen LogP contribution >= 0.6 is 0 Å². The van der Waals surface area contributed by atoms with Crippen molar-refractivity contribution in [3.63, 3.8) is 0 Å². The Morgan fingerprint density at radius 3 is 2.87 bits per heavy atom. The Morgan fingerprint density at radius 1 is 1.17 bits per heavy atom. The van der Waals surface area contributed by atoms with Gasteiger partial charge in [0.05, 0.1) is 12.3 Å². The number of fused-ring (bicyclic) bond motifs is 1. The number of nitrogens with zero attached hydrogens (tertiary/aromatic N) is 2. The van der Waals surface area contributed by atoms with Gasteiger partial charge in [0.2, 0.25) is 5.88 Å². The molecule has 3 rings (SSSR count). The maximum Gasteiger partial charge on any atom is 0.213 e. The lowest BCUT2D eigenvalue weighted by Gasteiger charge is -2.28. The third-order valence-corrected chi connectivity index (χ3v) is 4.17. The molecule has 0 bridgehead atoms. The fourth-order valence-electron chi connectivity index (χ4n) is 2.94. The molecule has 0 radical (unpaired) electrons. The number of aromatic nitrogens is 1. The lowest BCUT2D eigenvalue weighted by Crippen LogP contribution is -2.30. The summed E-state index contributed by atoms with van der Waals surface area (Å²) in [5.74, 6) is 0.761. The van der Waals surface area contributed by atoms with Crippen LogP contribution in [0.1, 0.15) is 23.2 Å². The Kier molecular flexibility index (Phi) is 5.61. The molecule has 4 heteroatoms. The van der Waals surface area contributed by atoms with E-state index in [4.69, 9.17) is 4.74 Å². The fraction of sp³-hybridized carbons (Fsp3) is 0.421. The molecule has 0 unspecified atom stereocenters. The van der Waals surface area contributed by atoms with Crippen molar-refractivity contribution in [1.29, 1.82) is 0 Å². The fourth-order valence-corrected chi connectivity index (χ4v) is 2.94.